The number of amides is 1. The number of hydrogen-bond donors (Lipinski definition) is 0. The van der Waals surface area contributed by atoms with Crippen molar-refractivity contribution < 1.29 is 9.53 Å². The Bertz CT molecular complexity index is 951. The molecule has 28 heavy (non-hydrogen) atoms. The van der Waals surface area contributed by atoms with Crippen LogP contribution in [0.2, 0.25) is 0 Å². The number of piperazine rings is 1. The molecule has 148 valence electrons. The van der Waals surface area contributed by atoms with Gasteiger partial charge in [0.2, 0.25) is 5.95 Å². The molecule has 0 radical (unpaired) electrons. The predicted octanol–water partition coefficient (Wildman–Crippen LogP) is 2.04. The smallest absolute Gasteiger partial charge is 0.410 e. The molecule has 2 aliphatic heterocycles. The second kappa shape index (κ2) is 6.61. The Kier molecular flexibility index (Phi) is 4.36. The second-order valence-corrected chi connectivity index (χ2v) is 8.40. The number of likely N-dealkylation sites (tertiary alicyclic amines) is 1. The monoisotopic (exact) mass is 383 g/mol. The van der Waals surface area contributed by atoms with Gasteiger partial charge < -0.3 is 14.5 Å². The maximum absolute atomic E-state index is 12.5. The zero-order valence-electron chi connectivity index (χ0n) is 16.6. The zero-order chi connectivity index (χ0) is 20.1. The zero-order valence-corrected chi connectivity index (χ0v) is 16.6. The highest BCUT2D eigenvalue weighted by molar-refractivity contribution is 5.70. The van der Waals surface area contributed by atoms with Gasteiger partial charge in [0.25, 0.3) is 5.56 Å². The van der Waals surface area contributed by atoms with E-state index in [1.165, 1.54) is 0 Å². The van der Waals surface area contributed by atoms with Gasteiger partial charge in [-0.25, -0.2) is 9.78 Å². The van der Waals surface area contributed by atoms with Gasteiger partial charge in [-0.15, -0.1) is 0 Å². The fraction of sp³-hybridized carbons (Fsp3) is 0.500. The van der Waals surface area contributed by atoms with Crippen LogP contribution in [0.4, 0.5) is 10.7 Å². The van der Waals surface area contributed by atoms with Crippen molar-refractivity contribution in [3.8, 4) is 11.3 Å². The molecule has 2 saturated heterocycles. The number of fused-ring (bicyclic) bond motifs is 2. The number of pyridine rings is 1. The summed E-state index contributed by atoms with van der Waals surface area (Å²) in [6.07, 6.45) is 3.95. The van der Waals surface area contributed by atoms with Crippen molar-refractivity contribution in [2.24, 2.45) is 7.05 Å². The van der Waals surface area contributed by atoms with E-state index < -0.39 is 5.60 Å². The Morgan fingerprint density at radius 3 is 2.50 bits per heavy atom. The first kappa shape index (κ1) is 18.5. The number of carbonyl (C=O) groups is 1. The van der Waals surface area contributed by atoms with E-state index in [1.807, 2.05) is 32.9 Å². The fourth-order valence-corrected chi connectivity index (χ4v) is 3.91. The van der Waals surface area contributed by atoms with Crippen molar-refractivity contribution in [3.05, 3.63) is 40.9 Å². The van der Waals surface area contributed by atoms with E-state index >= 15 is 0 Å². The number of ether oxygens (including phenoxy) is 1. The van der Waals surface area contributed by atoms with Crippen LogP contribution in [0.1, 0.15) is 27.2 Å². The highest BCUT2D eigenvalue weighted by Gasteiger charge is 2.47. The lowest BCUT2D eigenvalue weighted by atomic mass is 10.2. The minimum absolute atomic E-state index is 0.0707. The normalized spacial score (nSPS) is 21.3. The van der Waals surface area contributed by atoms with Gasteiger partial charge in [-0.1, -0.05) is 0 Å². The van der Waals surface area contributed by atoms with Gasteiger partial charge in [0.1, 0.15) is 5.60 Å². The van der Waals surface area contributed by atoms with Crippen LogP contribution in [0.15, 0.2) is 35.4 Å². The molecular weight excluding hydrogens is 358 g/mol. The maximum Gasteiger partial charge on any atom is 0.410 e. The summed E-state index contributed by atoms with van der Waals surface area (Å²) in [6.45, 7) is 6.83. The average Bonchev–Trinajstić information content (AvgIpc) is 3.24. The third kappa shape index (κ3) is 3.34. The number of hydrogen-bond acceptors (Lipinski definition) is 6. The van der Waals surface area contributed by atoms with Gasteiger partial charge in [-0.05, 0) is 39.3 Å². The van der Waals surface area contributed by atoms with Gasteiger partial charge in [0.05, 0.1) is 17.8 Å². The molecule has 1 amide bonds. The van der Waals surface area contributed by atoms with Gasteiger partial charge in [0, 0.05) is 44.2 Å². The molecular formula is C20H25N5O3. The van der Waals surface area contributed by atoms with E-state index in [0.717, 1.165) is 12.0 Å². The first-order valence-electron chi connectivity index (χ1n) is 9.47. The number of rotatable bonds is 2. The molecule has 2 atom stereocenters. The Balaban J connectivity index is 1.58. The molecule has 2 fully saturated rings. The molecule has 0 aliphatic carbocycles. The van der Waals surface area contributed by atoms with Crippen LogP contribution in [0.5, 0.6) is 0 Å². The molecule has 2 aromatic heterocycles. The Hall–Kier alpha value is -2.90. The Labute approximate surface area is 163 Å². The first-order valence-corrected chi connectivity index (χ1v) is 9.47. The molecule has 2 bridgehead atoms. The summed E-state index contributed by atoms with van der Waals surface area (Å²) in [5.74, 6) is 0.635. The summed E-state index contributed by atoms with van der Waals surface area (Å²) in [7, 11) is 1.73. The number of nitrogens with zero attached hydrogens (tertiary/aromatic N) is 5. The van der Waals surface area contributed by atoms with Gasteiger partial charge in [0.15, 0.2) is 0 Å². The van der Waals surface area contributed by atoms with E-state index in [9.17, 15) is 9.59 Å². The molecule has 2 aliphatic rings. The van der Waals surface area contributed by atoms with Gasteiger partial charge in [-0.3, -0.25) is 14.3 Å². The minimum Gasteiger partial charge on any atom is -0.444 e. The summed E-state index contributed by atoms with van der Waals surface area (Å²) in [5.41, 5.74) is 0.868. The number of aromatic nitrogens is 3. The van der Waals surface area contributed by atoms with Crippen molar-refractivity contribution in [1.29, 1.82) is 0 Å². The van der Waals surface area contributed by atoms with Crippen LogP contribution in [-0.4, -0.2) is 56.3 Å². The van der Waals surface area contributed by atoms with E-state index in [1.54, 1.807) is 35.0 Å². The lowest BCUT2D eigenvalue weighted by Crippen LogP contribution is -2.51. The number of anilines is 1. The minimum atomic E-state index is -0.511. The molecule has 8 heteroatoms. The number of carbonyl (C=O) groups excluding carboxylic acids is 1. The van der Waals surface area contributed by atoms with Crippen molar-refractivity contribution in [1.82, 2.24) is 19.4 Å². The lowest BCUT2D eigenvalue weighted by molar-refractivity contribution is 0.0214. The third-order valence-corrected chi connectivity index (χ3v) is 5.21. The van der Waals surface area contributed by atoms with Crippen molar-refractivity contribution in [2.75, 3.05) is 18.0 Å². The highest BCUT2D eigenvalue weighted by Crippen LogP contribution is 2.34. The Morgan fingerprint density at radius 1 is 1.18 bits per heavy atom. The fourth-order valence-electron chi connectivity index (χ4n) is 3.91. The summed E-state index contributed by atoms with van der Waals surface area (Å²) in [5, 5.41) is 0. The van der Waals surface area contributed by atoms with Gasteiger partial charge in [-0.2, -0.15) is 0 Å². The molecule has 1 unspecified atom stereocenters. The van der Waals surface area contributed by atoms with Crippen molar-refractivity contribution in [3.63, 3.8) is 0 Å². The first-order chi connectivity index (χ1) is 13.2. The van der Waals surface area contributed by atoms with E-state index in [0.29, 0.717) is 24.7 Å². The summed E-state index contributed by atoms with van der Waals surface area (Å²) < 4.78 is 7.10. The van der Waals surface area contributed by atoms with E-state index in [4.69, 9.17) is 9.72 Å². The molecule has 8 nitrogen and oxygen atoms in total. The van der Waals surface area contributed by atoms with Crippen LogP contribution in [-0.2, 0) is 11.8 Å². The summed E-state index contributed by atoms with van der Waals surface area (Å²) in [4.78, 5) is 37.7. The standard InChI is InChI=1S/C20H25N5O3/c1-20(2,3)28-19(27)25-12-14-9-15(25)11-24(14)18-22-16(10-17(26)23(18)4)13-5-7-21-8-6-13/h5-8,10,14-15H,9,11-12H2,1-4H3/t14?,15-/m0/s1. The summed E-state index contributed by atoms with van der Waals surface area (Å²) >= 11 is 0. The quantitative estimate of drug-likeness (QED) is 0.790. The van der Waals surface area contributed by atoms with Crippen LogP contribution in [0.3, 0.4) is 0 Å². The van der Waals surface area contributed by atoms with Gasteiger partial charge >= 0.3 is 6.09 Å². The second-order valence-electron chi connectivity index (χ2n) is 8.40. The van der Waals surface area contributed by atoms with E-state index in [2.05, 4.69) is 9.88 Å². The summed E-state index contributed by atoms with van der Waals surface area (Å²) in [6, 6.07) is 5.42. The van der Waals surface area contributed by atoms with Crippen LogP contribution in [0, 0.1) is 0 Å². The molecule has 4 rings (SSSR count). The van der Waals surface area contributed by atoms with Crippen molar-refractivity contribution >= 4 is 12.0 Å². The topological polar surface area (TPSA) is 80.6 Å². The highest BCUT2D eigenvalue weighted by atomic mass is 16.6. The van der Waals surface area contributed by atoms with Crippen molar-refractivity contribution in [2.45, 2.75) is 44.9 Å². The lowest BCUT2D eigenvalue weighted by Gasteiger charge is -2.36. The maximum atomic E-state index is 12.5. The predicted molar refractivity (Wildman–Crippen MR) is 105 cm³/mol. The molecule has 0 spiro atoms. The molecule has 2 aromatic rings. The van der Waals surface area contributed by atoms with E-state index in [-0.39, 0.29) is 23.7 Å². The Morgan fingerprint density at radius 2 is 1.89 bits per heavy atom. The average molecular weight is 383 g/mol. The third-order valence-electron chi connectivity index (χ3n) is 5.21. The SMILES string of the molecule is Cn1c(N2C[C@@H]3CC2CN3C(=O)OC(C)(C)C)nc(-c2ccncc2)cc1=O. The van der Waals surface area contributed by atoms with Crippen LogP contribution in [0.25, 0.3) is 11.3 Å². The van der Waals surface area contributed by atoms with Crippen LogP contribution < -0.4 is 10.5 Å². The van der Waals surface area contributed by atoms with Crippen LogP contribution >= 0.6 is 0 Å². The largest absolute Gasteiger partial charge is 0.444 e. The molecule has 0 saturated carbocycles. The molecule has 0 N–H and O–H groups in total. The molecule has 0 aromatic carbocycles. The molecule has 4 heterocycles.